The summed E-state index contributed by atoms with van der Waals surface area (Å²) in [6.07, 6.45) is -1.03. The Morgan fingerprint density at radius 1 is 0.567 bits per heavy atom. The number of carbonyl (C=O) groups excluding carboxylic acids is 4. The second-order valence-electron chi connectivity index (χ2n) is 15.0. The Balaban J connectivity index is 1.26. The summed E-state index contributed by atoms with van der Waals surface area (Å²) in [6.45, 7) is -5.07. The van der Waals surface area contributed by atoms with Crippen molar-refractivity contribution in [2.75, 3.05) is 72.2 Å². The summed E-state index contributed by atoms with van der Waals surface area (Å²) in [4.78, 5) is 58.2. The molecule has 0 bridgehead atoms. The molecule has 5 aromatic carbocycles. The molecule has 0 unspecified atom stereocenters. The van der Waals surface area contributed by atoms with Crippen LogP contribution in [0.5, 0.6) is 11.5 Å². The Morgan fingerprint density at radius 3 is 1.22 bits per heavy atom. The van der Waals surface area contributed by atoms with Crippen LogP contribution in [0.4, 0.5) is 49.1 Å². The molecular weight excluding hydrogens is 911 g/mol. The lowest BCUT2D eigenvalue weighted by Crippen LogP contribution is -2.54. The second kappa shape index (κ2) is 21.8. The van der Waals surface area contributed by atoms with E-state index in [2.05, 4.69) is 10.6 Å². The van der Waals surface area contributed by atoms with Crippen molar-refractivity contribution in [1.82, 2.24) is 10.6 Å². The molecule has 0 aliphatic carbocycles. The van der Waals surface area contributed by atoms with Crippen LogP contribution in [-0.2, 0) is 42.2 Å². The summed E-state index contributed by atoms with van der Waals surface area (Å²) in [5.74, 6) is -7.12. The van der Waals surface area contributed by atoms with Crippen molar-refractivity contribution in [2.45, 2.75) is 24.9 Å². The van der Waals surface area contributed by atoms with Gasteiger partial charge in [0.1, 0.15) is 73.3 Å². The Morgan fingerprint density at radius 2 is 0.910 bits per heavy atom. The van der Waals surface area contributed by atoms with E-state index in [1.165, 1.54) is 87.0 Å². The van der Waals surface area contributed by atoms with Crippen LogP contribution in [0.15, 0.2) is 109 Å². The molecule has 6 rings (SSSR count). The van der Waals surface area contributed by atoms with Crippen molar-refractivity contribution in [2.24, 2.45) is 0 Å². The van der Waals surface area contributed by atoms with Gasteiger partial charge >= 0.3 is 10.2 Å². The number of para-hydroxylation sites is 2. The quantitative estimate of drug-likeness (QED) is 0.0957. The average molecular weight is 955 g/mol. The van der Waals surface area contributed by atoms with Gasteiger partial charge in [0, 0.05) is 36.3 Å². The molecule has 0 spiro atoms. The van der Waals surface area contributed by atoms with E-state index in [1.807, 2.05) is 0 Å². The number of methoxy groups -OCH3 is 2. The molecule has 1 aliphatic heterocycles. The summed E-state index contributed by atoms with van der Waals surface area (Å²) in [6, 6.07) is 19.0. The molecule has 21 heteroatoms. The van der Waals surface area contributed by atoms with Crippen LogP contribution in [-0.4, -0.2) is 97.9 Å². The molecule has 0 fully saturated rings. The molecule has 1 aliphatic rings. The lowest BCUT2D eigenvalue weighted by atomic mass is 10.0. The standard InChI is InChI=1S/C46H44F6N6O8S/c1-65-37-11-7-35(8-12-37)55(17-15-47)45(61)39(23-29-19-31(49)25-32(50)20-29)53-43(59)27-57-41-5-3-4-6-42(41)58(67(57,63)64)28-44(60)54-40(24-30-21-33(51)26-34(52)22-30)46(62)56(18-16-48)36-9-13-38(66-2)14-10-36/h3-14,19-22,25-26,39-40H,15-18,23-24,27-28H2,1-2H3,(H,53,59)(H,54,60)/t39-,40-/m0/s1. The van der Waals surface area contributed by atoms with E-state index in [0.29, 0.717) is 32.2 Å². The van der Waals surface area contributed by atoms with Gasteiger partial charge in [-0.15, -0.1) is 0 Å². The number of alkyl halides is 2. The fourth-order valence-corrected chi connectivity index (χ4v) is 9.06. The number of amides is 4. The molecule has 67 heavy (non-hydrogen) atoms. The summed E-state index contributed by atoms with van der Waals surface area (Å²) in [5.41, 5.74) is 0.0441. The molecule has 0 aromatic heterocycles. The minimum Gasteiger partial charge on any atom is -0.497 e. The van der Waals surface area contributed by atoms with Gasteiger partial charge in [0.05, 0.1) is 38.7 Å². The third-order valence-electron chi connectivity index (χ3n) is 10.5. The highest BCUT2D eigenvalue weighted by Gasteiger charge is 2.43. The summed E-state index contributed by atoms with van der Waals surface area (Å²) < 4.78 is 125. The lowest BCUT2D eigenvalue weighted by molar-refractivity contribution is -0.126. The van der Waals surface area contributed by atoms with Gasteiger partial charge in [-0.2, -0.15) is 8.42 Å². The van der Waals surface area contributed by atoms with Crippen LogP contribution in [0.1, 0.15) is 11.1 Å². The summed E-state index contributed by atoms with van der Waals surface area (Å²) in [7, 11) is -2.03. The van der Waals surface area contributed by atoms with E-state index in [9.17, 15) is 53.9 Å². The monoisotopic (exact) mass is 954 g/mol. The average Bonchev–Trinajstić information content (AvgIpc) is 3.49. The number of hydrogen-bond acceptors (Lipinski definition) is 8. The SMILES string of the molecule is COc1ccc(N(CCF)C(=O)[C@H](Cc2cc(F)cc(F)c2)NC(=O)CN2c3ccccc3N(CC(=O)N[C@@H](Cc3cc(F)cc(F)c3)C(=O)N(CCF)c3ccc(OC)cc3)S2(=O)=O)cc1. The third kappa shape index (κ3) is 11.9. The number of carbonyl (C=O) groups is 4. The summed E-state index contributed by atoms with van der Waals surface area (Å²) in [5, 5.41) is 4.88. The maximum atomic E-state index is 14.3. The largest absolute Gasteiger partial charge is 0.497 e. The zero-order valence-electron chi connectivity index (χ0n) is 35.9. The van der Waals surface area contributed by atoms with E-state index in [-0.39, 0.29) is 33.9 Å². The van der Waals surface area contributed by atoms with Gasteiger partial charge in [-0.05, 0) is 96.1 Å². The molecular formula is C46H44F6N6O8S. The van der Waals surface area contributed by atoms with Crippen LogP contribution in [0.2, 0.25) is 0 Å². The maximum Gasteiger partial charge on any atom is 0.327 e. The van der Waals surface area contributed by atoms with E-state index >= 15 is 0 Å². The van der Waals surface area contributed by atoms with Crippen molar-refractivity contribution in [1.29, 1.82) is 0 Å². The number of nitrogens with zero attached hydrogens (tertiary/aromatic N) is 4. The molecule has 1 heterocycles. The lowest BCUT2D eigenvalue weighted by Gasteiger charge is -2.29. The van der Waals surface area contributed by atoms with E-state index in [1.54, 1.807) is 0 Å². The number of hydrogen-bond donors (Lipinski definition) is 2. The van der Waals surface area contributed by atoms with Gasteiger partial charge in [0.15, 0.2) is 0 Å². The first kappa shape index (κ1) is 49.2. The van der Waals surface area contributed by atoms with Crippen molar-refractivity contribution < 1.29 is 63.4 Å². The smallest absolute Gasteiger partial charge is 0.327 e. The van der Waals surface area contributed by atoms with Gasteiger partial charge in [0.25, 0.3) is 0 Å². The number of rotatable bonds is 20. The highest BCUT2D eigenvalue weighted by atomic mass is 32.2. The number of benzene rings is 5. The molecule has 0 saturated carbocycles. The topological polar surface area (TPSA) is 158 Å². The van der Waals surface area contributed by atoms with Crippen molar-refractivity contribution in [3.63, 3.8) is 0 Å². The fourth-order valence-electron chi connectivity index (χ4n) is 7.46. The van der Waals surface area contributed by atoms with Crippen molar-refractivity contribution in [3.8, 4) is 11.5 Å². The normalized spacial score (nSPS) is 13.6. The highest BCUT2D eigenvalue weighted by molar-refractivity contribution is 7.94. The number of anilines is 4. The van der Waals surface area contributed by atoms with Crippen molar-refractivity contribution in [3.05, 3.63) is 144 Å². The van der Waals surface area contributed by atoms with Gasteiger partial charge < -0.3 is 29.9 Å². The molecule has 5 aromatic rings. The number of ether oxygens (including phenoxy) is 2. The van der Waals surface area contributed by atoms with E-state index in [0.717, 1.165) is 34.1 Å². The first-order chi connectivity index (χ1) is 32.0. The predicted octanol–water partition coefficient (Wildman–Crippen LogP) is 5.59. The van der Waals surface area contributed by atoms with Gasteiger partial charge in [0.2, 0.25) is 23.6 Å². The zero-order chi connectivity index (χ0) is 48.4. The minimum atomic E-state index is -4.85. The predicted molar refractivity (Wildman–Crippen MR) is 237 cm³/mol. The van der Waals surface area contributed by atoms with Gasteiger partial charge in [-0.3, -0.25) is 19.2 Å². The summed E-state index contributed by atoms with van der Waals surface area (Å²) >= 11 is 0. The molecule has 2 N–H and O–H groups in total. The Hall–Kier alpha value is -7.29. The molecule has 0 radical (unpaired) electrons. The fraction of sp³-hybridized carbons (Fsp3) is 0.261. The first-order valence-electron chi connectivity index (χ1n) is 20.5. The minimum absolute atomic E-state index is 0.0708. The highest BCUT2D eigenvalue weighted by Crippen LogP contribution is 2.40. The Kier molecular flexibility index (Phi) is 16.0. The van der Waals surface area contributed by atoms with Gasteiger partial charge in [-0.1, -0.05) is 12.1 Å². The third-order valence-corrected chi connectivity index (χ3v) is 12.2. The van der Waals surface area contributed by atoms with Crippen molar-refractivity contribution >= 4 is 56.6 Å². The van der Waals surface area contributed by atoms with Crippen LogP contribution in [0.25, 0.3) is 0 Å². The molecule has 2 atom stereocenters. The van der Waals surface area contributed by atoms with Crippen LogP contribution in [0, 0.1) is 23.3 Å². The molecule has 14 nitrogen and oxygen atoms in total. The molecule has 4 amide bonds. The van der Waals surface area contributed by atoms with E-state index < -0.39 is 122 Å². The molecule has 0 saturated heterocycles. The van der Waals surface area contributed by atoms with Gasteiger partial charge in [-0.25, -0.2) is 35.0 Å². The second-order valence-corrected chi connectivity index (χ2v) is 16.7. The maximum absolute atomic E-state index is 14.3. The Labute approximate surface area is 381 Å². The van der Waals surface area contributed by atoms with Crippen LogP contribution >= 0.6 is 0 Å². The first-order valence-corrected chi connectivity index (χ1v) is 21.9. The molecule has 354 valence electrons. The zero-order valence-corrected chi connectivity index (χ0v) is 36.8. The Bertz CT molecular complexity index is 2480. The number of halogens is 6. The van der Waals surface area contributed by atoms with E-state index in [4.69, 9.17) is 9.47 Å². The van der Waals surface area contributed by atoms with Crippen LogP contribution in [0.3, 0.4) is 0 Å². The number of fused-ring (bicyclic) bond motifs is 1. The number of nitrogens with one attached hydrogen (secondary N) is 2. The van der Waals surface area contributed by atoms with Crippen LogP contribution < -0.4 is 38.5 Å².